The molecule has 0 radical (unpaired) electrons. The van der Waals surface area contributed by atoms with Gasteiger partial charge >= 0.3 is 0 Å². The molecule has 19 heavy (non-hydrogen) atoms. The molecule has 0 saturated carbocycles. The van der Waals surface area contributed by atoms with Crippen molar-refractivity contribution in [2.45, 2.75) is 12.8 Å². The van der Waals surface area contributed by atoms with E-state index in [-0.39, 0.29) is 5.78 Å². The molecular formula is C16H18N2O. The van der Waals surface area contributed by atoms with Gasteiger partial charge in [0.25, 0.3) is 0 Å². The number of benzene rings is 1. The molecule has 3 nitrogen and oxygen atoms in total. The van der Waals surface area contributed by atoms with E-state index in [4.69, 9.17) is 0 Å². The Morgan fingerprint density at radius 2 is 2.11 bits per heavy atom. The summed E-state index contributed by atoms with van der Waals surface area (Å²) in [5, 5.41) is 0. The lowest BCUT2D eigenvalue weighted by Gasteiger charge is -2.30. The van der Waals surface area contributed by atoms with Crippen LogP contribution in [-0.2, 0) is 13.5 Å². The lowest BCUT2D eigenvalue weighted by Crippen LogP contribution is -2.34. The first-order chi connectivity index (χ1) is 9.24. The number of aromatic nitrogens is 1. The summed E-state index contributed by atoms with van der Waals surface area (Å²) in [5.41, 5.74) is 3.37. The van der Waals surface area contributed by atoms with Crippen LogP contribution in [-0.4, -0.2) is 23.4 Å². The normalized spacial score (nSPS) is 14.3. The number of carbonyl (C=O) groups is 1. The maximum absolute atomic E-state index is 12.3. The summed E-state index contributed by atoms with van der Waals surface area (Å²) in [6.45, 7) is 1.44. The molecule has 0 bridgehead atoms. The van der Waals surface area contributed by atoms with Gasteiger partial charge in [-0.25, -0.2) is 0 Å². The molecule has 2 heterocycles. The van der Waals surface area contributed by atoms with Gasteiger partial charge in [0.05, 0.1) is 6.54 Å². The van der Waals surface area contributed by atoms with E-state index in [1.807, 2.05) is 36.1 Å². The Morgan fingerprint density at radius 3 is 2.89 bits per heavy atom. The summed E-state index contributed by atoms with van der Waals surface area (Å²) in [6, 6.07) is 10.3. The number of hydrogen-bond donors (Lipinski definition) is 0. The fourth-order valence-corrected chi connectivity index (χ4v) is 2.71. The molecule has 0 spiro atoms. The van der Waals surface area contributed by atoms with Crippen molar-refractivity contribution in [1.29, 1.82) is 0 Å². The van der Waals surface area contributed by atoms with Gasteiger partial charge in [0.1, 0.15) is 0 Å². The van der Waals surface area contributed by atoms with Crippen LogP contribution in [0.4, 0.5) is 5.69 Å². The van der Waals surface area contributed by atoms with Crippen molar-refractivity contribution >= 4 is 11.5 Å². The van der Waals surface area contributed by atoms with E-state index in [1.54, 1.807) is 0 Å². The van der Waals surface area contributed by atoms with Gasteiger partial charge in [-0.1, -0.05) is 18.2 Å². The van der Waals surface area contributed by atoms with Crippen molar-refractivity contribution in [3.63, 3.8) is 0 Å². The van der Waals surface area contributed by atoms with Crippen molar-refractivity contribution in [2.24, 2.45) is 7.05 Å². The van der Waals surface area contributed by atoms with Crippen molar-refractivity contribution in [3.05, 3.63) is 53.9 Å². The summed E-state index contributed by atoms with van der Waals surface area (Å²) in [6.07, 6.45) is 6.04. The van der Waals surface area contributed by atoms with Gasteiger partial charge in [0.15, 0.2) is 5.78 Å². The third-order valence-corrected chi connectivity index (χ3v) is 3.69. The Labute approximate surface area is 113 Å². The van der Waals surface area contributed by atoms with Crippen LogP contribution >= 0.6 is 0 Å². The monoisotopic (exact) mass is 254 g/mol. The number of hydrogen-bond acceptors (Lipinski definition) is 2. The number of carbonyl (C=O) groups excluding carboxylic acids is 1. The minimum Gasteiger partial charge on any atom is -0.364 e. The first kappa shape index (κ1) is 12.0. The predicted molar refractivity (Wildman–Crippen MR) is 76.7 cm³/mol. The van der Waals surface area contributed by atoms with Crippen LogP contribution < -0.4 is 4.90 Å². The average Bonchev–Trinajstić information content (AvgIpc) is 2.86. The molecule has 2 aromatic rings. The van der Waals surface area contributed by atoms with E-state index in [0.717, 1.165) is 24.9 Å². The topological polar surface area (TPSA) is 25.2 Å². The Kier molecular flexibility index (Phi) is 3.11. The number of para-hydroxylation sites is 1. The summed E-state index contributed by atoms with van der Waals surface area (Å²) in [7, 11) is 1.94. The highest BCUT2D eigenvalue weighted by atomic mass is 16.1. The van der Waals surface area contributed by atoms with E-state index >= 15 is 0 Å². The van der Waals surface area contributed by atoms with E-state index < -0.39 is 0 Å². The minimum absolute atomic E-state index is 0.192. The Balaban J connectivity index is 1.79. The molecule has 0 fully saturated rings. The van der Waals surface area contributed by atoms with Gasteiger partial charge in [-0.2, -0.15) is 0 Å². The molecule has 0 aliphatic carbocycles. The predicted octanol–water partition coefficient (Wildman–Crippen LogP) is 2.66. The molecule has 1 aromatic carbocycles. The van der Waals surface area contributed by atoms with Crippen molar-refractivity contribution < 1.29 is 4.79 Å². The van der Waals surface area contributed by atoms with Crippen LogP contribution in [0.25, 0.3) is 0 Å². The number of nitrogens with zero attached hydrogens (tertiary/aromatic N) is 2. The number of Topliss-reactive ketones (excluding diaryl/α,β-unsaturated/α-hetero) is 1. The van der Waals surface area contributed by atoms with Crippen LogP contribution in [0.1, 0.15) is 22.3 Å². The molecule has 1 aliphatic rings. The average molecular weight is 254 g/mol. The molecular weight excluding hydrogens is 236 g/mol. The van der Waals surface area contributed by atoms with Crippen LogP contribution in [0.5, 0.6) is 0 Å². The number of rotatable bonds is 3. The van der Waals surface area contributed by atoms with Crippen LogP contribution in [0.15, 0.2) is 42.7 Å². The molecule has 0 amide bonds. The zero-order valence-electron chi connectivity index (χ0n) is 11.2. The summed E-state index contributed by atoms with van der Waals surface area (Å²) >= 11 is 0. The van der Waals surface area contributed by atoms with Gasteiger partial charge in [-0.15, -0.1) is 0 Å². The van der Waals surface area contributed by atoms with Gasteiger partial charge in [-0.05, 0) is 30.5 Å². The second-order valence-corrected chi connectivity index (χ2v) is 5.14. The summed E-state index contributed by atoms with van der Waals surface area (Å²) < 4.78 is 1.91. The number of anilines is 1. The fourth-order valence-electron chi connectivity index (χ4n) is 2.71. The molecule has 0 atom stereocenters. The third-order valence-electron chi connectivity index (χ3n) is 3.69. The molecule has 1 aromatic heterocycles. The highest BCUT2D eigenvalue weighted by molar-refractivity contribution is 5.99. The summed E-state index contributed by atoms with van der Waals surface area (Å²) in [4.78, 5) is 14.5. The number of ketones is 1. The SMILES string of the molecule is Cn1ccc(C(=O)CN2CCCc3ccccc32)c1. The van der Waals surface area contributed by atoms with Crippen molar-refractivity contribution in [1.82, 2.24) is 4.57 Å². The molecule has 0 saturated heterocycles. The quantitative estimate of drug-likeness (QED) is 0.787. The number of aryl methyl sites for hydroxylation is 2. The van der Waals surface area contributed by atoms with Crippen molar-refractivity contribution in [3.8, 4) is 0 Å². The van der Waals surface area contributed by atoms with E-state index in [1.165, 1.54) is 11.3 Å². The first-order valence-electron chi connectivity index (χ1n) is 6.72. The zero-order chi connectivity index (χ0) is 13.2. The second-order valence-electron chi connectivity index (χ2n) is 5.14. The van der Waals surface area contributed by atoms with Gasteiger partial charge in [0.2, 0.25) is 0 Å². The van der Waals surface area contributed by atoms with E-state index in [0.29, 0.717) is 6.54 Å². The fraction of sp³-hybridized carbons (Fsp3) is 0.312. The van der Waals surface area contributed by atoms with Gasteiger partial charge in [-0.3, -0.25) is 4.79 Å². The smallest absolute Gasteiger partial charge is 0.183 e. The van der Waals surface area contributed by atoms with E-state index in [9.17, 15) is 4.79 Å². The molecule has 1 aliphatic heterocycles. The molecule has 3 heteroatoms. The lowest BCUT2D eigenvalue weighted by molar-refractivity contribution is 0.0998. The molecule has 3 rings (SSSR count). The summed E-state index contributed by atoms with van der Waals surface area (Å²) in [5.74, 6) is 0.192. The first-order valence-corrected chi connectivity index (χ1v) is 6.72. The third kappa shape index (κ3) is 2.41. The lowest BCUT2D eigenvalue weighted by atomic mass is 10.0. The Hall–Kier alpha value is -2.03. The van der Waals surface area contributed by atoms with Crippen LogP contribution in [0.2, 0.25) is 0 Å². The van der Waals surface area contributed by atoms with Gasteiger partial charge in [0, 0.05) is 37.2 Å². The van der Waals surface area contributed by atoms with Crippen LogP contribution in [0.3, 0.4) is 0 Å². The molecule has 0 N–H and O–H groups in total. The minimum atomic E-state index is 0.192. The van der Waals surface area contributed by atoms with E-state index in [2.05, 4.69) is 23.1 Å². The maximum atomic E-state index is 12.3. The zero-order valence-corrected chi connectivity index (χ0v) is 11.2. The second kappa shape index (κ2) is 4.92. The van der Waals surface area contributed by atoms with Crippen molar-refractivity contribution in [2.75, 3.05) is 18.0 Å². The number of fused-ring (bicyclic) bond motifs is 1. The highest BCUT2D eigenvalue weighted by Crippen LogP contribution is 2.26. The molecule has 0 unspecified atom stereocenters. The highest BCUT2D eigenvalue weighted by Gasteiger charge is 2.19. The largest absolute Gasteiger partial charge is 0.364 e. The van der Waals surface area contributed by atoms with Crippen LogP contribution in [0, 0.1) is 0 Å². The maximum Gasteiger partial charge on any atom is 0.183 e. The Morgan fingerprint density at radius 1 is 1.26 bits per heavy atom. The Bertz CT molecular complexity index is 600. The molecule has 98 valence electrons. The van der Waals surface area contributed by atoms with Gasteiger partial charge < -0.3 is 9.47 Å². The standard InChI is InChI=1S/C16H18N2O/c1-17-10-8-14(11-17)16(19)12-18-9-4-6-13-5-2-3-7-15(13)18/h2-3,5,7-8,10-11H,4,6,9,12H2,1H3.